The van der Waals surface area contributed by atoms with E-state index < -0.39 is 5.97 Å². The standard InChI is InChI=1S/C19H19N3O4S/c1-4-25-18(24)17-16(13-8-6-5-7-9-13)21-19(27-17)20-15(23)10-14-11(2)22-26-12(14)3/h5-9H,4,10H2,1-3H3,(H,20,21,23). The number of nitrogens with zero attached hydrogens (tertiary/aromatic N) is 2. The molecule has 3 rings (SSSR count). The Bertz CT molecular complexity index is 943. The van der Waals surface area contributed by atoms with E-state index in [9.17, 15) is 9.59 Å². The molecule has 0 radical (unpaired) electrons. The minimum absolute atomic E-state index is 0.121. The smallest absolute Gasteiger partial charge is 0.350 e. The molecule has 27 heavy (non-hydrogen) atoms. The molecule has 140 valence electrons. The number of benzene rings is 1. The van der Waals surface area contributed by atoms with Gasteiger partial charge in [0.1, 0.15) is 10.6 Å². The monoisotopic (exact) mass is 385 g/mol. The minimum Gasteiger partial charge on any atom is -0.462 e. The molecular weight excluding hydrogens is 366 g/mol. The van der Waals surface area contributed by atoms with Crippen LogP contribution in [0.1, 0.15) is 33.6 Å². The van der Waals surface area contributed by atoms with Crippen molar-refractivity contribution in [2.24, 2.45) is 0 Å². The van der Waals surface area contributed by atoms with Gasteiger partial charge in [0.15, 0.2) is 5.13 Å². The number of nitrogens with one attached hydrogen (secondary N) is 1. The molecule has 3 aromatic rings. The molecule has 1 amide bonds. The normalized spacial score (nSPS) is 10.6. The fourth-order valence-electron chi connectivity index (χ4n) is 2.58. The molecule has 0 spiro atoms. The molecule has 0 saturated carbocycles. The molecule has 0 aliphatic rings. The average Bonchev–Trinajstić information content (AvgIpc) is 3.21. The first-order chi connectivity index (χ1) is 13.0. The molecule has 0 atom stereocenters. The van der Waals surface area contributed by atoms with Crippen molar-refractivity contribution in [1.29, 1.82) is 0 Å². The maximum absolute atomic E-state index is 12.4. The summed E-state index contributed by atoms with van der Waals surface area (Å²) in [6.07, 6.45) is 0.121. The van der Waals surface area contributed by atoms with E-state index in [4.69, 9.17) is 9.26 Å². The van der Waals surface area contributed by atoms with Crippen LogP contribution in [-0.4, -0.2) is 28.6 Å². The summed E-state index contributed by atoms with van der Waals surface area (Å²) in [7, 11) is 0. The molecule has 0 unspecified atom stereocenters. The zero-order valence-electron chi connectivity index (χ0n) is 15.2. The van der Waals surface area contributed by atoms with Crippen LogP contribution in [0.25, 0.3) is 11.3 Å². The quantitative estimate of drug-likeness (QED) is 0.649. The number of esters is 1. The fraction of sp³-hybridized carbons (Fsp3) is 0.263. The Labute approximate surface area is 160 Å². The number of carbonyl (C=O) groups excluding carboxylic acids is 2. The lowest BCUT2D eigenvalue weighted by atomic mass is 10.1. The first-order valence-electron chi connectivity index (χ1n) is 8.44. The number of aromatic nitrogens is 2. The molecule has 0 aliphatic heterocycles. The van der Waals surface area contributed by atoms with E-state index >= 15 is 0 Å². The van der Waals surface area contributed by atoms with Crippen LogP contribution in [-0.2, 0) is 16.0 Å². The highest BCUT2D eigenvalue weighted by atomic mass is 32.1. The Hall–Kier alpha value is -3.00. The van der Waals surface area contributed by atoms with E-state index in [-0.39, 0.29) is 18.9 Å². The largest absolute Gasteiger partial charge is 0.462 e. The number of hydrogen-bond donors (Lipinski definition) is 1. The van der Waals surface area contributed by atoms with Gasteiger partial charge in [-0.1, -0.05) is 46.8 Å². The first kappa shape index (κ1) is 18.8. The van der Waals surface area contributed by atoms with Crippen molar-refractivity contribution >= 4 is 28.3 Å². The van der Waals surface area contributed by atoms with E-state index in [1.165, 1.54) is 0 Å². The molecule has 8 heteroatoms. The average molecular weight is 385 g/mol. The van der Waals surface area contributed by atoms with E-state index in [2.05, 4.69) is 15.5 Å². The summed E-state index contributed by atoms with van der Waals surface area (Å²) < 4.78 is 10.2. The van der Waals surface area contributed by atoms with Crippen molar-refractivity contribution < 1.29 is 18.8 Å². The number of aryl methyl sites for hydroxylation is 2. The number of amides is 1. The zero-order chi connectivity index (χ0) is 19.4. The molecule has 7 nitrogen and oxygen atoms in total. The van der Waals surface area contributed by atoms with Gasteiger partial charge in [-0.25, -0.2) is 9.78 Å². The number of carbonyl (C=O) groups is 2. The van der Waals surface area contributed by atoms with Crippen molar-refractivity contribution in [2.75, 3.05) is 11.9 Å². The second kappa shape index (κ2) is 8.13. The van der Waals surface area contributed by atoms with Crippen LogP contribution >= 0.6 is 11.3 Å². The van der Waals surface area contributed by atoms with Gasteiger partial charge < -0.3 is 14.6 Å². The Kier molecular flexibility index (Phi) is 5.66. The highest BCUT2D eigenvalue weighted by molar-refractivity contribution is 7.18. The van der Waals surface area contributed by atoms with Crippen molar-refractivity contribution in [2.45, 2.75) is 27.2 Å². The molecule has 0 bridgehead atoms. The highest BCUT2D eigenvalue weighted by Crippen LogP contribution is 2.32. The Morgan fingerprint density at radius 2 is 1.96 bits per heavy atom. The summed E-state index contributed by atoms with van der Waals surface area (Å²) >= 11 is 1.10. The Balaban J connectivity index is 1.85. The summed E-state index contributed by atoms with van der Waals surface area (Å²) in [6, 6.07) is 9.31. The minimum atomic E-state index is -0.458. The molecule has 1 aromatic carbocycles. The maximum atomic E-state index is 12.4. The van der Waals surface area contributed by atoms with Gasteiger partial charge in [-0.05, 0) is 20.8 Å². The van der Waals surface area contributed by atoms with Gasteiger partial charge in [0.25, 0.3) is 0 Å². The predicted octanol–water partition coefficient (Wildman–Crippen LogP) is 3.77. The number of ether oxygens (including phenoxy) is 1. The lowest BCUT2D eigenvalue weighted by Gasteiger charge is -2.01. The summed E-state index contributed by atoms with van der Waals surface area (Å²) in [5, 5.41) is 6.94. The molecule has 0 fully saturated rings. The van der Waals surface area contributed by atoms with Crippen molar-refractivity contribution in [3.63, 3.8) is 0 Å². The molecule has 1 N–H and O–H groups in total. The number of anilines is 1. The van der Waals surface area contributed by atoms with E-state index in [1.54, 1.807) is 20.8 Å². The van der Waals surface area contributed by atoms with Crippen LogP contribution in [0.3, 0.4) is 0 Å². The fourth-order valence-corrected chi connectivity index (χ4v) is 3.48. The van der Waals surface area contributed by atoms with Crippen molar-refractivity contribution in [3.8, 4) is 11.3 Å². The van der Waals surface area contributed by atoms with Gasteiger partial charge in [0.2, 0.25) is 5.91 Å². The Morgan fingerprint density at radius 3 is 2.59 bits per heavy atom. The van der Waals surface area contributed by atoms with Crippen LogP contribution in [0.5, 0.6) is 0 Å². The van der Waals surface area contributed by atoms with Crippen LogP contribution in [0.2, 0.25) is 0 Å². The van der Waals surface area contributed by atoms with Gasteiger partial charge in [0, 0.05) is 11.1 Å². The summed E-state index contributed by atoms with van der Waals surface area (Å²) in [4.78, 5) is 29.5. The predicted molar refractivity (Wildman–Crippen MR) is 102 cm³/mol. The molecule has 0 aliphatic carbocycles. The van der Waals surface area contributed by atoms with E-state index in [1.807, 2.05) is 30.3 Å². The van der Waals surface area contributed by atoms with Gasteiger partial charge in [-0.15, -0.1) is 0 Å². The molecule has 0 saturated heterocycles. The number of rotatable bonds is 6. The van der Waals surface area contributed by atoms with Crippen LogP contribution < -0.4 is 5.32 Å². The maximum Gasteiger partial charge on any atom is 0.350 e. The third kappa shape index (κ3) is 4.22. The van der Waals surface area contributed by atoms with E-state index in [0.717, 1.165) is 22.5 Å². The van der Waals surface area contributed by atoms with E-state index in [0.29, 0.717) is 27.2 Å². The third-order valence-corrected chi connectivity index (χ3v) is 4.85. The lowest BCUT2D eigenvalue weighted by molar-refractivity contribution is -0.115. The SMILES string of the molecule is CCOC(=O)c1sc(NC(=O)Cc2c(C)noc2C)nc1-c1ccccc1. The van der Waals surface area contributed by atoms with Gasteiger partial charge in [-0.3, -0.25) is 4.79 Å². The highest BCUT2D eigenvalue weighted by Gasteiger charge is 2.22. The van der Waals surface area contributed by atoms with Gasteiger partial charge >= 0.3 is 5.97 Å². The molecule has 2 heterocycles. The second-order valence-electron chi connectivity index (χ2n) is 5.81. The van der Waals surface area contributed by atoms with Crippen LogP contribution in [0, 0.1) is 13.8 Å². The third-order valence-electron chi connectivity index (χ3n) is 3.90. The van der Waals surface area contributed by atoms with Gasteiger partial charge in [-0.2, -0.15) is 0 Å². The summed E-state index contributed by atoms with van der Waals surface area (Å²) in [5.74, 6) is -0.104. The number of hydrogen-bond acceptors (Lipinski definition) is 7. The van der Waals surface area contributed by atoms with Crippen LogP contribution in [0.4, 0.5) is 5.13 Å². The topological polar surface area (TPSA) is 94.3 Å². The molecular formula is C19H19N3O4S. The van der Waals surface area contributed by atoms with Crippen molar-refractivity contribution in [3.05, 3.63) is 52.2 Å². The number of thiazole rings is 1. The zero-order valence-corrected chi connectivity index (χ0v) is 16.1. The second-order valence-corrected chi connectivity index (χ2v) is 6.81. The summed E-state index contributed by atoms with van der Waals surface area (Å²) in [6.45, 7) is 5.55. The van der Waals surface area contributed by atoms with Crippen molar-refractivity contribution in [1.82, 2.24) is 10.1 Å². The first-order valence-corrected chi connectivity index (χ1v) is 9.26. The van der Waals surface area contributed by atoms with Crippen LogP contribution in [0.15, 0.2) is 34.9 Å². The van der Waals surface area contributed by atoms with Gasteiger partial charge in [0.05, 0.1) is 24.4 Å². The Morgan fingerprint density at radius 1 is 1.22 bits per heavy atom. The molecule has 2 aromatic heterocycles. The lowest BCUT2D eigenvalue weighted by Crippen LogP contribution is -2.15. The summed E-state index contributed by atoms with van der Waals surface area (Å²) in [5.41, 5.74) is 2.70.